The molecule has 3 aliphatic rings. The van der Waals surface area contributed by atoms with Gasteiger partial charge in [0.25, 0.3) is 5.91 Å². The lowest BCUT2D eigenvalue weighted by Gasteiger charge is -2.44. The fourth-order valence-electron chi connectivity index (χ4n) is 4.92. The van der Waals surface area contributed by atoms with Gasteiger partial charge in [-0.15, -0.1) is 0 Å². The number of carbonyl (C=O) groups excluding carboxylic acids is 2. The fraction of sp³-hybridized carbons (Fsp3) is 0.517. The van der Waals surface area contributed by atoms with Gasteiger partial charge in [0, 0.05) is 31.5 Å². The van der Waals surface area contributed by atoms with E-state index < -0.39 is 0 Å². The third-order valence-corrected chi connectivity index (χ3v) is 7.25. The van der Waals surface area contributed by atoms with Crippen molar-refractivity contribution >= 4 is 12.0 Å². The van der Waals surface area contributed by atoms with Crippen molar-refractivity contribution < 1.29 is 23.8 Å². The van der Waals surface area contributed by atoms with Crippen molar-refractivity contribution in [1.82, 2.24) is 10.2 Å². The maximum atomic E-state index is 12.4. The third-order valence-electron chi connectivity index (χ3n) is 7.25. The number of fused-ring (bicyclic) bond motifs is 1. The molecule has 3 aliphatic heterocycles. The first-order chi connectivity index (χ1) is 17.2. The predicted molar refractivity (Wildman–Crippen MR) is 137 cm³/mol. The van der Waals surface area contributed by atoms with Gasteiger partial charge in [0.15, 0.2) is 0 Å². The summed E-state index contributed by atoms with van der Waals surface area (Å²) in [5, 5.41) is 2.97. The van der Waals surface area contributed by atoms with Gasteiger partial charge in [0.2, 0.25) is 0 Å². The Morgan fingerprint density at radius 3 is 2.36 bits per heavy atom. The Labute approximate surface area is 213 Å². The molecule has 3 heterocycles. The molecular weight excluding hydrogens is 456 g/mol. The first kappa shape index (κ1) is 24.6. The summed E-state index contributed by atoms with van der Waals surface area (Å²) in [5.41, 5.74) is 3.80. The maximum Gasteiger partial charge on any atom is 0.409 e. The highest BCUT2D eigenvalue weighted by molar-refractivity contribution is 5.95. The molecule has 2 saturated heterocycles. The third kappa shape index (κ3) is 5.51. The molecule has 0 aromatic heterocycles. The number of carbonyl (C=O) groups is 2. The van der Waals surface area contributed by atoms with Crippen LogP contribution in [0.1, 0.15) is 56.0 Å². The number of likely N-dealkylation sites (tertiary alicyclic amines) is 1. The predicted octanol–water partition coefficient (Wildman–Crippen LogP) is 4.82. The number of hydrogen-bond donors (Lipinski definition) is 1. The van der Waals surface area contributed by atoms with E-state index in [1.165, 1.54) is 5.56 Å². The average molecular weight is 493 g/mol. The number of piperidine rings is 1. The van der Waals surface area contributed by atoms with Gasteiger partial charge in [-0.05, 0) is 59.2 Å². The normalized spacial score (nSPS) is 19.1. The zero-order valence-corrected chi connectivity index (χ0v) is 21.5. The highest BCUT2D eigenvalue weighted by Crippen LogP contribution is 2.41. The number of amides is 2. The minimum Gasteiger partial charge on any atom is -0.487 e. The average Bonchev–Trinajstić information content (AvgIpc) is 2.84. The second kappa shape index (κ2) is 9.77. The molecule has 2 aromatic carbocycles. The molecule has 7 heteroatoms. The smallest absolute Gasteiger partial charge is 0.409 e. The second-order valence-corrected chi connectivity index (χ2v) is 11.5. The van der Waals surface area contributed by atoms with Crippen molar-refractivity contribution in [1.29, 1.82) is 0 Å². The van der Waals surface area contributed by atoms with E-state index in [2.05, 4.69) is 44.3 Å². The minimum absolute atomic E-state index is 0.0380. The highest BCUT2D eigenvalue weighted by atomic mass is 16.6. The monoisotopic (exact) mass is 492 g/mol. The molecule has 0 unspecified atom stereocenters. The molecule has 5 rings (SSSR count). The second-order valence-electron chi connectivity index (χ2n) is 11.5. The quantitative estimate of drug-likeness (QED) is 0.662. The van der Waals surface area contributed by atoms with E-state index >= 15 is 0 Å². The number of nitrogens with one attached hydrogen (secondary N) is 1. The van der Waals surface area contributed by atoms with Crippen molar-refractivity contribution in [3.8, 4) is 16.9 Å². The number of hydrogen-bond acceptors (Lipinski definition) is 5. The SMILES string of the molecule is CC(C)(C)COC(=O)N1CCC2(CCc3cc(-c4ccc(C(=O)NC5COC5)cc4)ccc3O2)CC1. The molecule has 7 nitrogen and oxygen atoms in total. The molecule has 1 spiro atoms. The Balaban J connectivity index is 1.19. The van der Waals surface area contributed by atoms with Crippen LogP contribution in [0.5, 0.6) is 5.75 Å². The molecule has 2 aromatic rings. The first-order valence-corrected chi connectivity index (χ1v) is 12.9. The molecule has 192 valence electrons. The van der Waals surface area contributed by atoms with Crippen LogP contribution < -0.4 is 10.1 Å². The van der Waals surface area contributed by atoms with E-state index in [9.17, 15) is 9.59 Å². The van der Waals surface area contributed by atoms with Gasteiger partial charge < -0.3 is 24.4 Å². The summed E-state index contributed by atoms with van der Waals surface area (Å²) in [4.78, 5) is 26.6. The Kier molecular flexibility index (Phi) is 6.68. The molecule has 0 saturated carbocycles. The van der Waals surface area contributed by atoms with E-state index in [4.69, 9.17) is 14.2 Å². The summed E-state index contributed by atoms with van der Waals surface area (Å²) in [5.74, 6) is 0.875. The van der Waals surface area contributed by atoms with Crippen molar-refractivity contribution in [3.05, 3.63) is 53.6 Å². The molecular formula is C29H36N2O5. The van der Waals surface area contributed by atoms with Gasteiger partial charge in [-0.25, -0.2) is 4.79 Å². The van der Waals surface area contributed by atoms with Crippen molar-refractivity contribution in [2.24, 2.45) is 5.41 Å². The van der Waals surface area contributed by atoms with Crippen molar-refractivity contribution in [3.63, 3.8) is 0 Å². The number of benzene rings is 2. The van der Waals surface area contributed by atoms with Crippen LogP contribution in [0.2, 0.25) is 0 Å². The minimum atomic E-state index is -0.221. The largest absolute Gasteiger partial charge is 0.487 e. The van der Waals surface area contributed by atoms with E-state index in [-0.39, 0.29) is 29.1 Å². The van der Waals surface area contributed by atoms with Crippen LogP contribution in [-0.2, 0) is 15.9 Å². The van der Waals surface area contributed by atoms with E-state index in [1.54, 1.807) is 0 Å². The van der Waals surface area contributed by atoms with E-state index in [0.29, 0.717) is 38.5 Å². The fourth-order valence-corrected chi connectivity index (χ4v) is 4.92. The first-order valence-electron chi connectivity index (χ1n) is 12.9. The summed E-state index contributed by atoms with van der Waals surface area (Å²) in [6.07, 6.45) is 3.30. The number of ether oxygens (including phenoxy) is 3. The Morgan fingerprint density at radius 2 is 1.72 bits per heavy atom. The van der Waals surface area contributed by atoms with Gasteiger partial charge in [-0.2, -0.15) is 0 Å². The van der Waals surface area contributed by atoms with Gasteiger partial charge in [0.05, 0.1) is 25.9 Å². The molecule has 0 radical (unpaired) electrons. The topological polar surface area (TPSA) is 77.1 Å². The molecule has 2 amide bonds. The maximum absolute atomic E-state index is 12.4. The van der Waals surface area contributed by atoms with E-state index in [1.807, 2.05) is 29.2 Å². The van der Waals surface area contributed by atoms with Crippen molar-refractivity contribution in [2.75, 3.05) is 32.9 Å². The van der Waals surface area contributed by atoms with E-state index in [0.717, 1.165) is 42.6 Å². The zero-order chi connectivity index (χ0) is 25.3. The molecule has 1 N–H and O–H groups in total. The van der Waals surface area contributed by atoms with Crippen LogP contribution in [0.4, 0.5) is 4.79 Å². The summed E-state index contributed by atoms with van der Waals surface area (Å²) < 4.78 is 17.2. The van der Waals surface area contributed by atoms with Gasteiger partial charge in [0.1, 0.15) is 11.4 Å². The Morgan fingerprint density at radius 1 is 1.03 bits per heavy atom. The molecule has 0 atom stereocenters. The number of aryl methyl sites for hydroxylation is 1. The lowest BCUT2D eigenvalue weighted by molar-refractivity contribution is -0.0171. The lowest BCUT2D eigenvalue weighted by atomic mass is 9.82. The van der Waals surface area contributed by atoms with Crippen LogP contribution in [0.3, 0.4) is 0 Å². The standard InChI is InChI=1S/C29H36N2O5/c1-28(2,3)19-35-27(33)31-14-12-29(13-15-31)11-10-23-16-22(8-9-25(23)36-29)20-4-6-21(7-5-20)26(32)30-24-17-34-18-24/h4-9,16,24H,10-15,17-19H2,1-3H3,(H,30,32). The van der Waals surface area contributed by atoms with Crippen LogP contribution in [-0.4, -0.2) is 61.5 Å². The zero-order valence-electron chi connectivity index (χ0n) is 21.5. The van der Waals surface area contributed by atoms with Crippen LogP contribution in [0, 0.1) is 5.41 Å². The summed E-state index contributed by atoms with van der Waals surface area (Å²) >= 11 is 0. The van der Waals surface area contributed by atoms with Gasteiger partial charge >= 0.3 is 6.09 Å². The van der Waals surface area contributed by atoms with Gasteiger partial charge in [-0.3, -0.25) is 4.79 Å². The van der Waals surface area contributed by atoms with Crippen LogP contribution in [0.15, 0.2) is 42.5 Å². The van der Waals surface area contributed by atoms with Gasteiger partial charge in [-0.1, -0.05) is 39.0 Å². The number of nitrogens with zero attached hydrogens (tertiary/aromatic N) is 1. The molecule has 2 fully saturated rings. The summed E-state index contributed by atoms with van der Waals surface area (Å²) in [6.45, 7) is 9.09. The van der Waals surface area contributed by atoms with Crippen molar-refractivity contribution in [2.45, 2.75) is 58.1 Å². The Bertz CT molecular complexity index is 1110. The summed E-state index contributed by atoms with van der Waals surface area (Å²) in [7, 11) is 0. The summed E-state index contributed by atoms with van der Waals surface area (Å²) in [6, 6.07) is 14.2. The number of rotatable bonds is 4. The molecule has 0 bridgehead atoms. The lowest BCUT2D eigenvalue weighted by Crippen LogP contribution is -2.51. The van der Waals surface area contributed by atoms with Crippen LogP contribution in [0.25, 0.3) is 11.1 Å². The molecule has 36 heavy (non-hydrogen) atoms. The highest BCUT2D eigenvalue weighted by Gasteiger charge is 2.41. The Hall–Kier alpha value is -3.06. The molecule has 0 aliphatic carbocycles. The van der Waals surface area contributed by atoms with Crippen LogP contribution >= 0.6 is 0 Å².